The topological polar surface area (TPSA) is 132 Å². The Morgan fingerprint density at radius 2 is 1.91 bits per heavy atom. The summed E-state index contributed by atoms with van der Waals surface area (Å²) in [6.07, 6.45) is -0.949. The van der Waals surface area contributed by atoms with Gasteiger partial charge in [-0.05, 0) is 37.6 Å². The lowest BCUT2D eigenvalue weighted by Crippen LogP contribution is -2.50. The van der Waals surface area contributed by atoms with E-state index in [1.54, 1.807) is 43.3 Å². The molecule has 1 atom stereocenters. The first kappa shape index (κ1) is 24.0. The summed E-state index contributed by atoms with van der Waals surface area (Å²) in [5.41, 5.74) is 4.48. The molecule has 0 fully saturated rings. The lowest BCUT2D eigenvalue weighted by Gasteiger charge is -2.34. The summed E-state index contributed by atoms with van der Waals surface area (Å²) < 4.78 is 16.7. The fourth-order valence-electron chi connectivity index (χ4n) is 4.32. The third-order valence-corrected chi connectivity index (χ3v) is 6.21. The maximum absolute atomic E-state index is 14.1. The molecule has 2 heterocycles. The second-order valence-corrected chi connectivity index (χ2v) is 8.61. The van der Waals surface area contributed by atoms with Gasteiger partial charge < -0.3 is 19.9 Å². The van der Waals surface area contributed by atoms with Gasteiger partial charge in [0, 0.05) is 10.0 Å². The van der Waals surface area contributed by atoms with Crippen molar-refractivity contribution in [1.82, 2.24) is 0 Å². The fraction of sp³-hybridized carbons (Fsp3) is 0.200. The minimum atomic E-state index is -2.07. The molecule has 0 radical (unpaired) electrons. The van der Waals surface area contributed by atoms with Crippen molar-refractivity contribution in [1.29, 1.82) is 5.26 Å². The standard InChI is InChI=1S/C25H20BrN3O6/c1-3-33-24(32)29-19-10-9-16(26)11-17(19)25(23(29)31)18(12-27)21(28)35-14(2)20(25)22(30)34-13-15-7-5-4-6-8-15/h4-11H,3,13,28H2,1-2H3. The average Bonchev–Trinajstić information content (AvgIpc) is 3.06. The summed E-state index contributed by atoms with van der Waals surface area (Å²) >= 11 is 3.37. The van der Waals surface area contributed by atoms with Crippen LogP contribution in [0.25, 0.3) is 0 Å². The summed E-state index contributed by atoms with van der Waals surface area (Å²) in [4.78, 5) is 41.3. The van der Waals surface area contributed by atoms with E-state index in [1.165, 1.54) is 13.0 Å². The van der Waals surface area contributed by atoms with E-state index in [0.717, 1.165) is 10.5 Å². The van der Waals surface area contributed by atoms with Crippen LogP contribution in [0.3, 0.4) is 0 Å². The second kappa shape index (κ2) is 9.27. The monoisotopic (exact) mass is 537 g/mol. The molecule has 0 saturated heterocycles. The summed E-state index contributed by atoms with van der Waals surface area (Å²) in [6.45, 7) is 2.96. The minimum absolute atomic E-state index is 0.00845. The molecule has 1 spiro atoms. The number of nitriles is 1. The number of allylic oxidation sites excluding steroid dienone is 1. The number of esters is 1. The molecule has 10 heteroatoms. The number of carbonyl (C=O) groups is 3. The van der Waals surface area contributed by atoms with Crippen molar-refractivity contribution in [2.75, 3.05) is 11.5 Å². The van der Waals surface area contributed by atoms with Crippen molar-refractivity contribution in [3.63, 3.8) is 0 Å². The van der Waals surface area contributed by atoms with Gasteiger partial charge in [0.1, 0.15) is 29.6 Å². The Labute approximate surface area is 209 Å². The summed E-state index contributed by atoms with van der Waals surface area (Å²) in [5, 5.41) is 10.1. The molecule has 2 aromatic carbocycles. The number of ether oxygens (including phenoxy) is 3. The normalized spacial score (nSPS) is 18.8. The lowest BCUT2D eigenvalue weighted by molar-refractivity contribution is -0.142. The highest BCUT2D eigenvalue weighted by Crippen LogP contribution is 2.54. The number of rotatable bonds is 4. The number of nitrogens with zero attached hydrogens (tertiary/aromatic N) is 2. The fourth-order valence-corrected chi connectivity index (χ4v) is 4.68. The van der Waals surface area contributed by atoms with Crippen LogP contribution >= 0.6 is 15.9 Å². The van der Waals surface area contributed by atoms with Gasteiger partial charge in [-0.15, -0.1) is 0 Å². The lowest BCUT2D eigenvalue weighted by atomic mass is 9.68. The molecule has 0 aromatic heterocycles. The van der Waals surface area contributed by atoms with E-state index in [-0.39, 0.29) is 47.3 Å². The number of nitrogens with two attached hydrogens (primary N) is 1. The first-order valence-electron chi connectivity index (χ1n) is 10.6. The van der Waals surface area contributed by atoms with Crippen LogP contribution in [-0.2, 0) is 35.8 Å². The summed E-state index contributed by atoms with van der Waals surface area (Å²) in [7, 11) is 0. The smallest absolute Gasteiger partial charge is 0.421 e. The van der Waals surface area contributed by atoms with Gasteiger partial charge in [0.15, 0.2) is 5.41 Å². The molecular weight excluding hydrogens is 518 g/mol. The van der Waals surface area contributed by atoms with E-state index >= 15 is 0 Å². The zero-order valence-corrected chi connectivity index (χ0v) is 20.4. The number of carbonyl (C=O) groups excluding carboxylic acids is 3. The van der Waals surface area contributed by atoms with Gasteiger partial charge in [-0.25, -0.2) is 14.5 Å². The number of halogens is 1. The van der Waals surface area contributed by atoms with Crippen molar-refractivity contribution in [2.24, 2.45) is 5.73 Å². The van der Waals surface area contributed by atoms with Gasteiger partial charge in [-0.3, -0.25) is 4.79 Å². The zero-order valence-electron chi connectivity index (χ0n) is 18.8. The predicted molar refractivity (Wildman–Crippen MR) is 127 cm³/mol. The van der Waals surface area contributed by atoms with E-state index in [9.17, 15) is 19.6 Å². The molecule has 0 saturated carbocycles. The number of fused-ring (bicyclic) bond motifs is 2. The van der Waals surface area contributed by atoms with Crippen molar-refractivity contribution in [3.8, 4) is 6.07 Å². The number of hydrogen-bond donors (Lipinski definition) is 1. The van der Waals surface area contributed by atoms with Crippen LogP contribution in [-0.4, -0.2) is 24.6 Å². The Hall–Kier alpha value is -4.10. The Kier molecular flexibility index (Phi) is 6.37. The van der Waals surface area contributed by atoms with Crippen LogP contribution in [0, 0.1) is 11.3 Å². The van der Waals surface area contributed by atoms with Crippen LogP contribution in [0.5, 0.6) is 0 Å². The number of amides is 2. The van der Waals surface area contributed by atoms with Gasteiger partial charge in [0.2, 0.25) is 5.88 Å². The highest BCUT2D eigenvalue weighted by Gasteiger charge is 2.63. The first-order chi connectivity index (χ1) is 16.8. The van der Waals surface area contributed by atoms with Crippen LogP contribution in [0.15, 0.2) is 75.8 Å². The molecule has 2 amide bonds. The molecule has 0 aliphatic carbocycles. The molecular formula is C25H20BrN3O6. The molecule has 2 aliphatic rings. The second-order valence-electron chi connectivity index (χ2n) is 7.70. The van der Waals surface area contributed by atoms with Gasteiger partial charge in [0.25, 0.3) is 5.91 Å². The maximum Gasteiger partial charge on any atom is 0.421 e. The van der Waals surface area contributed by atoms with Crippen molar-refractivity contribution in [3.05, 3.63) is 86.9 Å². The number of benzene rings is 2. The third kappa shape index (κ3) is 3.74. The van der Waals surface area contributed by atoms with Crippen LogP contribution in [0.2, 0.25) is 0 Å². The van der Waals surface area contributed by atoms with Gasteiger partial charge in [-0.2, -0.15) is 5.26 Å². The minimum Gasteiger partial charge on any atom is -0.457 e. The molecule has 4 rings (SSSR count). The van der Waals surface area contributed by atoms with E-state index in [1.807, 2.05) is 12.1 Å². The largest absolute Gasteiger partial charge is 0.457 e. The van der Waals surface area contributed by atoms with E-state index in [0.29, 0.717) is 4.47 Å². The van der Waals surface area contributed by atoms with Crippen LogP contribution in [0.1, 0.15) is 25.0 Å². The molecule has 2 aromatic rings. The Morgan fingerprint density at radius 3 is 2.57 bits per heavy atom. The molecule has 35 heavy (non-hydrogen) atoms. The zero-order chi connectivity index (χ0) is 25.3. The average molecular weight is 538 g/mol. The van der Waals surface area contributed by atoms with E-state index in [2.05, 4.69) is 15.9 Å². The van der Waals surface area contributed by atoms with Gasteiger partial charge in [0.05, 0.1) is 12.3 Å². The summed E-state index contributed by atoms with van der Waals surface area (Å²) in [5.74, 6) is -2.16. The first-order valence-corrected chi connectivity index (χ1v) is 11.4. The van der Waals surface area contributed by atoms with Crippen molar-refractivity contribution in [2.45, 2.75) is 25.9 Å². The molecule has 178 valence electrons. The maximum atomic E-state index is 14.1. The molecule has 1 unspecified atom stereocenters. The predicted octanol–water partition coefficient (Wildman–Crippen LogP) is 3.93. The van der Waals surface area contributed by atoms with Crippen molar-refractivity contribution >= 4 is 39.6 Å². The Morgan fingerprint density at radius 1 is 1.20 bits per heavy atom. The van der Waals surface area contributed by atoms with E-state index < -0.39 is 23.4 Å². The summed E-state index contributed by atoms with van der Waals surface area (Å²) in [6, 6.07) is 15.6. The quantitative estimate of drug-likeness (QED) is 0.580. The number of imide groups is 1. The number of anilines is 1. The van der Waals surface area contributed by atoms with Crippen LogP contribution in [0.4, 0.5) is 10.5 Å². The molecule has 2 aliphatic heterocycles. The highest BCUT2D eigenvalue weighted by molar-refractivity contribution is 9.10. The molecule has 9 nitrogen and oxygen atoms in total. The van der Waals surface area contributed by atoms with Crippen molar-refractivity contribution < 1.29 is 28.6 Å². The molecule has 0 bridgehead atoms. The Balaban J connectivity index is 1.93. The third-order valence-electron chi connectivity index (χ3n) is 5.72. The van der Waals surface area contributed by atoms with Gasteiger partial charge >= 0.3 is 12.1 Å². The van der Waals surface area contributed by atoms with Gasteiger partial charge in [-0.1, -0.05) is 46.3 Å². The Bertz CT molecular complexity index is 1340. The highest BCUT2D eigenvalue weighted by atomic mass is 79.9. The van der Waals surface area contributed by atoms with Crippen LogP contribution < -0.4 is 10.6 Å². The molecule has 2 N–H and O–H groups in total. The number of hydrogen-bond acceptors (Lipinski definition) is 8. The SMILES string of the molecule is CCOC(=O)N1C(=O)C2(C(C#N)=C(N)OC(C)=C2C(=O)OCc2ccccc2)c2cc(Br)ccc21. The van der Waals surface area contributed by atoms with E-state index in [4.69, 9.17) is 19.9 Å².